The van der Waals surface area contributed by atoms with Gasteiger partial charge in [-0.05, 0) is 34.2 Å². The van der Waals surface area contributed by atoms with E-state index in [0.717, 1.165) is 6.42 Å². The van der Waals surface area contributed by atoms with Gasteiger partial charge in [0.25, 0.3) is 0 Å². The molecule has 1 heteroatoms. The molecule has 0 radical (unpaired) electrons. The molecule has 94 valence electrons. The van der Waals surface area contributed by atoms with E-state index in [1.54, 1.807) is 0 Å². The van der Waals surface area contributed by atoms with E-state index < -0.39 is 0 Å². The average Bonchev–Trinajstić information content (AvgIpc) is 2.80. The van der Waals surface area contributed by atoms with Crippen LogP contribution in [0.1, 0.15) is 11.1 Å². The average molecular weight is 262 g/mol. The van der Waals surface area contributed by atoms with Crippen molar-refractivity contribution in [1.82, 2.24) is 0 Å². The van der Waals surface area contributed by atoms with Crippen molar-refractivity contribution in [1.29, 1.82) is 0 Å². The Kier molecular flexibility index (Phi) is 3.30. The Morgan fingerprint density at radius 3 is 2.47 bits per heavy atom. The van der Waals surface area contributed by atoms with Gasteiger partial charge in [0, 0.05) is 8.41 Å². The van der Waals surface area contributed by atoms with E-state index in [-0.39, 0.29) is 8.41 Å². The molecule has 1 aliphatic carbocycles. The molecule has 2 aromatic rings. The number of fused-ring (bicyclic) bond motifs is 1. The molecule has 0 saturated carbocycles. The Labute approximate surface area is 116 Å². The van der Waals surface area contributed by atoms with Crippen molar-refractivity contribution in [3.8, 4) is 11.1 Å². The van der Waals surface area contributed by atoms with Gasteiger partial charge in [0.1, 0.15) is 0 Å². The van der Waals surface area contributed by atoms with Crippen LogP contribution in [0.3, 0.4) is 0 Å². The monoisotopic (exact) mass is 262 g/mol. The summed E-state index contributed by atoms with van der Waals surface area (Å²) in [7, 11) is -0.304. The molecule has 0 atom stereocenters. The van der Waals surface area contributed by atoms with Gasteiger partial charge in [-0.1, -0.05) is 73.4 Å². The first kappa shape index (κ1) is 12.3. The highest BCUT2D eigenvalue weighted by Gasteiger charge is 2.14. The van der Waals surface area contributed by atoms with Crippen molar-refractivity contribution in [3.63, 3.8) is 0 Å². The second-order valence-electron chi connectivity index (χ2n) is 5.36. The van der Waals surface area contributed by atoms with E-state index in [0.29, 0.717) is 0 Å². The molecule has 0 nitrogen and oxygen atoms in total. The van der Waals surface area contributed by atoms with Crippen molar-refractivity contribution in [3.05, 3.63) is 65.2 Å². The van der Waals surface area contributed by atoms with E-state index in [1.807, 2.05) is 0 Å². The van der Waals surface area contributed by atoms with Crippen LogP contribution >= 0.6 is 0 Å². The highest BCUT2D eigenvalue weighted by atomic mass is 28.2. The summed E-state index contributed by atoms with van der Waals surface area (Å²) >= 11 is 0. The topological polar surface area (TPSA) is 0 Å². The number of rotatable bonds is 2. The third kappa shape index (κ3) is 2.52. The van der Waals surface area contributed by atoms with Gasteiger partial charge in [-0.15, -0.1) is 0 Å². The Balaban J connectivity index is 2.09. The SMILES string of the molecule is C[Si](C)=CC1=Cc2c(cccc2-c2ccccc2)C1. The second kappa shape index (κ2) is 5.10. The van der Waals surface area contributed by atoms with Crippen molar-refractivity contribution < 1.29 is 0 Å². The van der Waals surface area contributed by atoms with Gasteiger partial charge >= 0.3 is 0 Å². The zero-order valence-corrected chi connectivity index (χ0v) is 12.5. The molecule has 0 N–H and O–H groups in total. The third-order valence-corrected chi connectivity index (χ3v) is 4.43. The fourth-order valence-corrected chi connectivity index (χ4v) is 3.65. The molecular formula is C18H18Si. The van der Waals surface area contributed by atoms with Gasteiger partial charge in [0.05, 0.1) is 0 Å². The smallest absolute Gasteiger partial charge is 0.00358 e. The minimum atomic E-state index is -0.304. The Morgan fingerprint density at radius 2 is 1.74 bits per heavy atom. The van der Waals surface area contributed by atoms with Crippen molar-refractivity contribution in [2.75, 3.05) is 0 Å². The molecule has 2 aromatic carbocycles. The van der Waals surface area contributed by atoms with Gasteiger partial charge < -0.3 is 0 Å². The normalized spacial score (nSPS) is 12.8. The Morgan fingerprint density at radius 1 is 0.947 bits per heavy atom. The molecule has 0 heterocycles. The molecule has 0 spiro atoms. The first-order valence-corrected chi connectivity index (χ1v) is 9.34. The van der Waals surface area contributed by atoms with E-state index in [2.05, 4.69) is 73.4 Å². The quantitative estimate of drug-likeness (QED) is 0.702. The van der Waals surface area contributed by atoms with Crippen LogP contribution in [0.15, 0.2) is 54.1 Å². The lowest BCUT2D eigenvalue weighted by Crippen LogP contribution is -1.95. The molecule has 3 rings (SSSR count). The Hall–Kier alpha value is -1.73. The molecule has 0 amide bonds. The van der Waals surface area contributed by atoms with Crippen molar-refractivity contribution in [2.45, 2.75) is 19.5 Å². The molecule has 0 aliphatic heterocycles. The first-order chi connectivity index (χ1) is 9.24. The summed E-state index contributed by atoms with van der Waals surface area (Å²) in [5, 5.41) is 0. The van der Waals surface area contributed by atoms with Crippen LogP contribution in [0.2, 0.25) is 13.1 Å². The van der Waals surface area contributed by atoms with Crippen LogP contribution in [-0.2, 0) is 6.42 Å². The molecule has 0 fully saturated rings. The van der Waals surface area contributed by atoms with Gasteiger partial charge in [-0.25, -0.2) is 0 Å². The van der Waals surface area contributed by atoms with Gasteiger partial charge in [0.2, 0.25) is 0 Å². The molecule has 19 heavy (non-hydrogen) atoms. The number of hydrogen-bond acceptors (Lipinski definition) is 0. The van der Waals surface area contributed by atoms with Crippen LogP contribution in [0.4, 0.5) is 0 Å². The standard InChI is InChI=1S/C18H18Si/c1-19(2)13-14-11-16-9-6-10-17(18(16)12-14)15-7-4-3-5-8-15/h3-10,12-13H,11H2,1-2H3. The van der Waals surface area contributed by atoms with Gasteiger partial charge in [-0.2, -0.15) is 0 Å². The summed E-state index contributed by atoms with van der Waals surface area (Å²) in [5.74, 6) is 0. The van der Waals surface area contributed by atoms with Crippen molar-refractivity contribution >= 4 is 20.2 Å². The minimum absolute atomic E-state index is 0.304. The predicted molar refractivity (Wildman–Crippen MR) is 87.1 cm³/mol. The van der Waals surface area contributed by atoms with E-state index >= 15 is 0 Å². The second-order valence-corrected chi connectivity index (χ2v) is 7.81. The maximum Gasteiger partial charge on any atom is 0.00358 e. The summed E-state index contributed by atoms with van der Waals surface area (Å²) in [4.78, 5) is 0. The molecule has 0 unspecified atom stereocenters. The van der Waals surface area contributed by atoms with Crippen molar-refractivity contribution in [2.24, 2.45) is 0 Å². The number of hydrogen-bond donors (Lipinski definition) is 0. The minimum Gasteiger partial charge on any atom is -0.0788 e. The predicted octanol–water partition coefficient (Wildman–Crippen LogP) is 4.43. The van der Waals surface area contributed by atoms with E-state index in [9.17, 15) is 0 Å². The largest absolute Gasteiger partial charge is 0.0788 e. The molecule has 0 bridgehead atoms. The van der Waals surface area contributed by atoms with Gasteiger partial charge in [0.15, 0.2) is 0 Å². The molecular weight excluding hydrogens is 244 g/mol. The third-order valence-electron chi connectivity index (χ3n) is 3.48. The maximum atomic E-state index is 2.47. The van der Waals surface area contributed by atoms with Crippen LogP contribution in [0, 0.1) is 0 Å². The summed E-state index contributed by atoms with van der Waals surface area (Å²) in [6, 6.07) is 17.4. The lowest BCUT2D eigenvalue weighted by atomic mass is 9.97. The molecule has 0 aromatic heterocycles. The first-order valence-electron chi connectivity index (χ1n) is 6.77. The highest BCUT2D eigenvalue weighted by molar-refractivity contribution is 6.66. The van der Waals surface area contributed by atoms with Gasteiger partial charge in [-0.3, -0.25) is 0 Å². The number of benzene rings is 2. The van der Waals surface area contributed by atoms with Crippen LogP contribution in [-0.4, -0.2) is 14.1 Å². The summed E-state index contributed by atoms with van der Waals surface area (Å²) in [6.07, 6.45) is 3.49. The lowest BCUT2D eigenvalue weighted by molar-refractivity contribution is 1.28. The molecule has 1 aliphatic rings. The van der Waals surface area contributed by atoms with Crippen LogP contribution in [0.25, 0.3) is 17.2 Å². The summed E-state index contributed by atoms with van der Waals surface area (Å²) in [6.45, 7) is 4.68. The number of allylic oxidation sites excluding steroid dienone is 1. The zero-order valence-electron chi connectivity index (χ0n) is 11.5. The molecule has 0 saturated heterocycles. The summed E-state index contributed by atoms with van der Waals surface area (Å²) in [5.41, 5.74) is 9.54. The van der Waals surface area contributed by atoms with E-state index in [4.69, 9.17) is 0 Å². The summed E-state index contributed by atoms with van der Waals surface area (Å²) < 4.78 is 0. The van der Waals surface area contributed by atoms with Crippen LogP contribution < -0.4 is 0 Å². The zero-order chi connectivity index (χ0) is 13.2. The Bertz CT molecular complexity index is 659. The highest BCUT2D eigenvalue weighted by Crippen LogP contribution is 2.33. The maximum absolute atomic E-state index is 2.47. The van der Waals surface area contributed by atoms with Crippen LogP contribution in [0.5, 0.6) is 0 Å². The fourth-order valence-electron chi connectivity index (χ4n) is 2.73. The van der Waals surface area contributed by atoms with E-state index in [1.165, 1.54) is 27.8 Å². The lowest BCUT2D eigenvalue weighted by Gasteiger charge is -2.07. The fraction of sp³-hybridized carbons (Fsp3) is 0.167.